The van der Waals surface area contributed by atoms with Crippen molar-refractivity contribution in [2.24, 2.45) is 10.8 Å². The van der Waals surface area contributed by atoms with Crippen molar-refractivity contribution in [2.45, 2.75) is 107 Å². The molecule has 0 radical (unpaired) electrons. The Hall–Kier alpha value is -1.27. The first-order chi connectivity index (χ1) is 18.3. The van der Waals surface area contributed by atoms with Crippen LogP contribution in [0.3, 0.4) is 0 Å². The van der Waals surface area contributed by atoms with Gasteiger partial charge in [-0.25, -0.2) is 17.7 Å². The summed E-state index contributed by atoms with van der Waals surface area (Å²) in [5.74, 6) is 0. The smallest absolute Gasteiger partial charge is 0.109 e. The Labute approximate surface area is 284 Å². The zero-order valence-corrected chi connectivity index (χ0v) is 31.8. The third-order valence-corrected chi connectivity index (χ3v) is 8.17. The topological polar surface area (TPSA) is 0 Å². The van der Waals surface area contributed by atoms with Crippen molar-refractivity contribution in [3.8, 4) is 11.1 Å². The van der Waals surface area contributed by atoms with Crippen molar-refractivity contribution >= 4 is 14.4 Å². The zero-order chi connectivity index (χ0) is 29.8. The first-order valence-electron chi connectivity index (χ1n) is 14.8. The normalized spacial score (nSPS) is 17.6. The van der Waals surface area contributed by atoms with Crippen LogP contribution in [-0.4, -0.2) is 3.21 Å². The van der Waals surface area contributed by atoms with E-state index in [4.69, 9.17) is 0 Å². The molecule has 42 heavy (non-hydrogen) atoms. The summed E-state index contributed by atoms with van der Waals surface area (Å²) in [7, 11) is 0. The average Bonchev–Trinajstić information content (AvgIpc) is 3.57. The Balaban J connectivity index is 0.000000487. The molecule has 0 amide bonds. The number of fused-ring (bicyclic) bond motifs is 5. The van der Waals surface area contributed by atoms with Gasteiger partial charge < -0.3 is 24.8 Å². The van der Waals surface area contributed by atoms with E-state index in [0.29, 0.717) is 0 Å². The van der Waals surface area contributed by atoms with E-state index in [1.54, 1.807) is 24.2 Å². The van der Waals surface area contributed by atoms with Gasteiger partial charge in [-0.15, -0.1) is 18.1 Å². The minimum Gasteiger partial charge on any atom is -1.00 e. The van der Waals surface area contributed by atoms with E-state index in [1.165, 1.54) is 58.9 Å². The van der Waals surface area contributed by atoms with Gasteiger partial charge >= 0.3 is 41.3 Å². The fraction of sp³-hybridized carbons (Fsp3) is 0.462. The van der Waals surface area contributed by atoms with Gasteiger partial charge in [-0.2, -0.15) is 11.6 Å². The van der Waals surface area contributed by atoms with Crippen LogP contribution in [0.4, 0.5) is 0 Å². The Morgan fingerprint density at radius 3 is 1.71 bits per heavy atom. The predicted molar refractivity (Wildman–Crippen MR) is 172 cm³/mol. The van der Waals surface area contributed by atoms with Crippen molar-refractivity contribution < 1.29 is 49.0 Å². The Kier molecular flexibility index (Phi) is 11.4. The van der Waals surface area contributed by atoms with Crippen molar-refractivity contribution in [2.75, 3.05) is 0 Å². The summed E-state index contributed by atoms with van der Waals surface area (Å²) in [6, 6.07) is 10.0. The summed E-state index contributed by atoms with van der Waals surface area (Å²) in [4.78, 5) is 0. The van der Waals surface area contributed by atoms with Crippen LogP contribution in [0.2, 0.25) is 0 Å². The largest absolute Gasteiger partial charge is 1.00 e. The quantitative estimate of drug-likeness (QED) is 0.306. The molecular formula is C39H48Cl2Zr-2. The van der Waals surface area contributed by atoms with Gasteiger partial charge in [0.1, 0.15) is 0 Å². The number of halogens is 2. The van der Waals surface area contributed by atoms with Crippen molar-refractivity contribution in [3.05, 3.63) is 94.1 Å². The van der Waals surface area contributed by atoms with E-state index in [0.717, 1.165) is 12.8 Å². The molecule has 6 rings (SSSR count). The number of hydrogen-bond acceptors (Lipinski definition) is 0. The molecule has 0 unspecified atom stereocenters. The van der Waals surface area contributed by atoms with Gasteiger partial charge in [0.15, 0.2) is 0 Å². The van der Waals surface area contributed by atoms with Crippen LogP contribution in [0.5, 0.6) is 0 Å². The van der Waals surface area contributed by atoms with Gasteiger partial charge in [0.05, 0.1) is 0 Å². The molecule has 0 saturated heterocycles. The van der Waals surface area contributed by atoms with E-state index in [1.807, 2.05) is 12.2 Å². The number of hydrogen-bond donors (Lipinski definition) is 0. The average molecular weight is 679 g/mol. The van der Waals surface area contributed by atoms with Gasteiger partial charge in [0.25, 0.3) is 0 Å². The maximum atomic E-state index is 3.85. The fourth-order valence-electron chi connectivity index (χ4n) is 6.28. The van der Waals surface area contributed by atoms with E-state index in [-0.39, 0.29) is 46.5 Å². The first-order valence-corrected chi connectivity index (χ1v) is 16.0. The molecule has 0 atom stereocenters. The summed E-state index contributed by atoms with van der Waals surface area (Å²) in [6.07, 6.45) is 17.4. The SMILES string of the molecule is CC(C)(C)C1=[C-]C(C)(C)c2cc3c(cc21)-c1cc2c(cc1C3)C(C)(C)C=C2C(C)(C)C.C[C](C)=[Zr+2].[C-]1=CC=CC1.[Cl-].[Cl-]. The summed E-state index contributed by atoms with van der Waals surface area (Å²) in [6.45, 7) is 27.6. The molecule has 3 heteroatoms. The van der Waals surface area contributed by atoms with Gasteiger partial charge in [0, 0.05) is 5.41 Å². The molecule has 0 aliphatic heterocycles. The van der Waals surface area contributed by atoms with Crippen LogP contribution in [0.1, 0.15) is 123 Å². The number of rotatable bonds is 0. The van der Waals surface area contributed by atoms with E-state index in [2.05, 4.69) is 132 Å². The van der Waals surface area contributed by atoms with Crippen molar-refractivity contribution in [1.29, 1.82) is 0 Å². The predicted octanol–water partition coefficient (Wildman–Crippen LogP) is 4.56. The van der Waals surface area contributed by atoms with Gasteiger partial charge in [-0.05, 0) is 62.3 Å². The molecule has 0 aromatic heterocycles. The summed E-state index contributed by atoms with van der Waals surface area (Å²) < 4.78 is 1.51. The van der Waals surface area contributed by atoms with Gasteiger partial charge in [-0.1, -0.05) is 92.9 Å². The standard InChI is InChI=1S/C31H37.C5H5.C3H6.2ClH.Zr/c1-28(2,3)26-16-30(7,8)24-12-18-11-19-13-25-23(15-21(19)20(18)14-22(24)26)27(29(4,5)6)17-31(25,9)10;1-2-4-5-3-1;1-3-2;;;/h12-16H,11H2,1-10H3;1-3H,4H2;1-2H3;2*1H;/q2*-1;;;;+2/p-2. The zero-order valence-electron chi connectivity index (χ0n) is 27.8. The van der Waals surface area contributed by atoms with E-state index < -0.39 is 0 Å². The van der Waals surface area contributed by atoms with Crippen LogP contribution in [0.25, 0.3) is 22.3 Å². The number of benzene rings is 2. The van der Waals surface area contributed by atoms with Crippen molar-refractivity contribution in [1.82, 2.24) is 0 Å². The van der Waals surface area contributed by atoms with E-state index >= 15 is 0 Å². The molecule has 0 heterocycles. The molecule has 0 fully saturated rings. The molecule has 2 aromatic carbocycles. The minimum absolute atomic E-state index is 0. The fourth-order valence-corrected chi connectivity index (χ4v) is 6.28. The maximum absolute atomic E-state index is 3.85. The maximum Gasteiger partial charge on any atom is -0.109 e. The van der Waals surface area contributed by atoms with Crippen LogP contribution in [0.15, 0.2) is 48.6 Å². The summed E-state index contributed by atoms with van der Waals surface area (Å²) in [5.41, 5.74) is 14.9. The molecule has 224 valence electrons. The van der Waals surface area contributed by atoms with Crippen LogP contribution in [0, 0.1) is 23.0 Å². The molecule has 0 spiro atoms. The van der Waals surface area contributed by atoms with Gasteiger partial charge in [0.2, 0.25) is 0 Å². The second-order valence-electron chi connectivity index (χ2n) is 15.2. The Bertz CT molecular complexity index is 1370. The minimum atomic E-state index is -0.0202. The molecule has 0 nitrogen and oxygen atoms in total. The summed E-state index contributed by atoms with van der Waals surface area (Å²) >= 11 is 1.55. The molecule has 0 N–H and O–H groups in total. The molecule has 0 saturated carbocycles. The van der Waals surface area contributed by atoms with Crippen molar-refractivity contribution in [3.63, 3.8) is 0 Å². The molecule has 0 bridgehead atoms. The first kappa shape index (κ1) is 36.9. The Morgan fingerprint density at radius 1 is 0.762 bits per heavy atom. The Morgan fingerprint density at radius 2 is 1.29 bits per heavy atom. The summed E-state index contributed by atoms with van der Waals surface area (Å²) in [5, 5.41) is 0. The third kappa shape index (κ3) is 7.50. The van der Waals surface area contributed by atoms with Crippen LogP contribution in [-0.2, 0) is 41.5 Å². The second-order valence-corrected chi connectivity index (χ2v) is 17.7. The molecule has 4 aliphatic carbocycles. The van der Waals surface area contributed by atoms with Gasteiger partial charge in [-0.3, -0.25) is 12.2 Å². The van der Waals surface area contributed by atoms with Crippen LogP contribution < -0.4 is 24.8 Å². The number of allylic oxidation sites excluding steroid dienone is 8. The molecule has 2 aromatic rings. The molecular weight excluding hydrogens is 631 g/mol. The monoisotopic (exact) mass is 676 g/mol. The second kappa shape index (κ2) is 13.0. The van der Waals surface area contributed by atoms with E-state index in [9.17, 15) is 0 Å². The third-order valence-electron chi connectivity index (χ3n) is 8.17. The van der Waals surface area contributed by atoms with Crippen LogP contribution >= 0.6 is 0 Å². The molecule has 4 aliphatic rings.